The SMILES string of the molecule is Cc1nc(C(C)C)sc1CN. The Balaban J connectivity index is 2.95. The number of thiazole rings is 1. The highest BCUT2D eigenvalue weighted by Crippen LogP contribution is 2.23. The lowest BCUT2D eigenvalue weighted by Gasteiger charge is -1.94. The number of aryl methyl sites for hydroxylation is 1. The lowest BCUT2D eigenvalue weighted by molar-refractivity contribution is 0.846. The Labute approximate surface area is 71.5 Å². The first-order chi connectivity index (χ1) is 5.15. The topological polar surface area (TPSA) is 38.9 Å². The Morgan fingerprint density at radius 1 is 1.55 bits per heavy atom. The summed E-state index contributed by atoms with van der Waals surface area (Å²) in [6, 6.07) is 0. The van der Waals surface area contributed by atoms with Crippen LogP contribution in [0.15, 0.2) is 0 Å². The highest BCUT2D eigenvalue weighted by atomic mass is 32.1. The summed E-state index contributed by atoms with van der Waals surface area (Å²) in [6.07, 6.45) is 0. The number of hydrogen-bond donors (Lipinski definition) is 1. The second kappa shape index (κ2) is 3.32. The fourth-order valence-corrected chi connectivity index (χ4v) is 1.83. The molecule has 0 amide bonds. The summed E-state index contributed by atoms with van der Waals surface area (Å²) in [5, 5.41) is 1.20. The quantitative estimate of drug-likeness (QED) is 0.737. The van der Waals surface area contributed by atoms with E-state index in [0.29, 0.717) is 12.5 Å². The first-order valence-corrected chi connectivity index (χ1v) is 4.63. The molecule has 0 bridgehead atoms. The van der Waals surface area contributed by atoms with Crippen LogP contribution in [0.3, 0.4) is 0 Å². The minimum Gasteiger partial charge on any atom is -0.326 e. The lowest BCUT2D eigenvalue weighted by atomic mass is 10.2. The van der Waals surface area contributed by atoms with Gasteiger partial charge in [0.2, 0.25) is 0 Å². The van der Waals surface area contributed by atoms with Crippen molar-refractivity contribution in [3.8, 4) is 0 Å². The summed E-state index contributed by atoms with van der Waals surface area (Å²) < 4.78 is 0. The molecule has 0 aliphatic heterocycles. The van der Waals surface area contributed by atoms with Crippen molar-refractivity contribution in [2.75, 3.05) is 0 Å². The van der Waals surface area contributed by atoms with Crippen LogP contribution in [-0.4, -0.2) is 4.98 Å². The minimum atomic E-state index is 0.527. The summed E-state index contributed by atoms with van der Waals surface area (Å²) in [7, 11) is 0. The zero-order valence-corrected chi connectivity index (χ0v) is 8.03. The van der Waals surface area contributed by atoms with Crippen molar-refractivity contribution in [1.29, 1.82) is 0 Å². The van der Waals surface area contributed by atoms with Crippen molar-refractivity contribution < 1.29 is 0 Å². The zero-order chi connectivity index (χ0) is 8.43. The number of aromatic nitrogens is 1. The first-order valence-electron chi connectivity index (χ1n) is 3.81. The molecule has 0 saturated carbocycles. The van der Waals surface area contributed by atoms with Crippen LogP contribution >= 0.6 is 11.3 Å². The van der Waals surface area contributed by atoms with Gasteiger partial charge in [-0.05, 0) is 6.92 Å². The van der Waals surface area contributed by atoms with Gasteiger partial charge in [0.1, 0.15) is 0 Å². The second-order valence-corrected chi connectivity index (χ2v) is 4.03. The normalized spacial score (nSPS) is 11.0. The van der Waals surface area contributed by atoms with Gasteiger partial charge in [-0.3, -0.25) is 0 Å². The van der Waals surface area contributed by atoms with Gasteiger partial charge < -0.3 is 5.73 Å². The Hall–Kier alpha value is -0.410. The van der Waals surface area contributed by atoms with Crippen LogP contribution in [0, 0.1) is 6.92 Å². The highest BCUT2D eigenvalue weighted by molar-refractivity contribution is 7.11. The van der Waals surface area contributed by atoms with Crippen LogP contribution in [0.4, 0.5) is 0 Å². The molecule has 0 aliphatic rings. The molecule has 0 saturated heterocycles. The maximum atomic E-state index is 5.53. The zero-order valence-electron chi connectivity index (χ0n) is 7.22. The van der Waals surface area contributed by atoms with E-state index in [2.05, 4.69) is 18.8 Å². The molecule has 1 aromatic heterocycles. The maximum Gasteiger partial charge on any atom is 0.0956 e. The minimum absolute atomic E-state index is 0.527. The fraction of sp³-hybridized carbons (Fsp3) is 0.625. The molecule has 0 unspecified atom stereocenters. The number of hydrogen-bond acceptors (Lipinski definition) is 3. The monoisotopic (exact) mass is 170 g/mol. The van der Waals surface area contributed by atoms with E-state index in [-0.39, 0.29) is 0 Å². The maximum absolute atomic E-state index is 5.53. The van der Waals surface area contributed by atoms with E-state index in [1.165, 1.54) is 9.88 Å². The van der Waals surface area contributed by atoms with E-state index >= 15 is 0 Å². The summed E-state index contributed by atoms with van der Waals surface area (Å²) in [5.74, 6) is 0.527. The molecule has 1 heterocycles. The van der Waals surface area contributed by atoms with Crippen molar-refractivity contribution in [1.82, 2.24) is 4.98 Å². The van der Waals surface area contributed by atoms with Gasteiger partial charge in [0.25, 0.3) is 0 Å². The average molecular weight is 170 g/mol. The van der Waals surface area contributed by atoms with Crippen molar-refractivity contribution in [3.63, 3.8) is 0 Å². The Morgan fingerprint density at radius 3 is 2.45 bits per heavy atom. The smallest absolute Gasteiger partial charge is 0.0956 e. The fourth-order valence-electron chi connectivity index (χ4n) is 0.887. The predicted octanol–water partition coefficient (Wildman–Crippen LogP) is 2.03. The van der Waals surface area contributed by atoms with E-state index in [0.717, 1.165) is 5.69 Å². The van der Waals surface area contributed by atoms with Gasteiger partial charge in [-0.1, -0.05) is 13.8 Å². The molecule has 0 fully saturated rings. The molecule has 2 nitrogen and oxygen atoms in total. The summed E-state index contributed by atoms with van der Waals surface area (Å²) in [6.45, 7) is 6.94. The second-order valence-electron chi connectivity index (χ2n) is 2.92. The van der Waals surface area contributed by atoms with E-state index in [4.69, 9.17) is 5.73 Å². The Morgan fingerprint density at radius 2 is 2.18 bits per heavy atom. The number of rotatable bonds is 2. The summed E-state index contributed by atoms with van der Waals surface area (Å²) in [5.41, 5.74) is 6.63. The largest absolute Gasteiger partial charge is 0.326 e. The third-order valence-corrected chi connectivity index (χ3v) is 3.07. The van der Waals surface area contributed by atoms with Gasteiger partial charge in [-0.25, -0.2) is 4.98 Å². The molecule has 1 rings (SSSR count). The molecule has 0 aliphatic carbocycles. The molecule has 2 N–H and O–H groups in total. The Kier molecular flexibility index (Phi) is 2.62. The van der Waals surface area contributed by atoms with Gasteiger partial charge in [-0.2, -0.15) is 0 Å². The van der Waals surface area contributed by atoms with Crippen LogP contribution in [0.5, 0.6) is 0 Å². The summed E-state index contributed by atoms with van der Waals surface area (Å²) >= 11 is 1.73. The van der Waals surface area contributed by atoms with Gasteiger partial charge in [0.15, 0.2) is 0 Å². The molecule has 0 aromatic carbocycles. The third-order valence-electron chi connectivity index (χ3n) is 1.59. The average Bonchev–Trinajstić information content (AvgIpc) is 2.31. The van der Waals surface area contributed by atoms with E-state index in [1.54, 1.807) is 11.3 Å². The van der Waals surface area contributed by atoms with Gasteiger partial charge >= 0.3 is 0 Å². The predicted molar refractivity (Wildman–Crippen MR) is 48.8 cm³/mol. The van der Waals surface area contributed by atoms with Crippen molar-refractivity contribution in [2.24, 2.45) is 5.73 Å². The molecule has 62 valence electrons. The molecule has 11 heavy (non-hydrogen) atoms. The number of nitrogens with two attached hydrogens (primary N) is 1. The highest BCUT2D eigenvalue weighted by Gasteiger charge is 2.08. The van der Waals surface area contributed by atoms with E-state index in [9.17, 15) is 0 Å². The van der Waals surface area contributed by atoms with Crippen LogP contribution in [-0.2, 0) is 6.54 Å². The Bertz CT molecular complexity index is 240. The van der Waals surface area contributed by atoms with Gasteiger partial charge in [0.05, 0.1) is 10.7 Å². The van der Waals surface area contributed by atoms with Crippen molar-refractivity contribution >= 4 is 11.3 Å². The summed E-state index contributed by atoms with van der Waals surface area (Å²) in [4.78, 5) is 5.64. The molecular formula is C8H14N2S. The first kappa shape index (κ1) is 8.68. The molecule has 3 heteroatoms. The molecule has 0 spiro atoms. The van der Waals surface area contributed by atoms with Crippen LogP contribution in [0.25, 0.3) is 0 Å². The van der Waals surface area contributed by atoms with E-state index < -0.39 is 0 Å². The molecule has 0 atom stereocenters. The third kappa shape index (κ3) is 1.79. The lowest BCUT2D eigenvalue weighted by Crippen LogP contribution is -1.94. The van der Waals surface area contributed by atoms with E-state index in [1.807, 2.05) is 6.92 Å². The number of nitrogens with zero attached hydrogens (tertiary/aromatic N) is 1. The van der Waals surface area contributed by atoms with Crippen LogP contribution in [0.1, 0.15) is 35.3 Å². The molecular weight excluding hydrogens is 156 g/mol. The molecule has 0 radical (unpaired) electrons. The van der Waals surface area contributed by atoms with Gasteiger partial charge in [-0.15, -0.1) is 11.3 Å². The van der Waals surface area contributed by atoms with Crippen molar-refractivity contribution in [3.05, 3.63) is 15.6 Å². The standard InChI is InChI=1S/C8H14N2S/c1-5(2)8-10-6(3)7(4-9)11-8/h5H,4,9H2,1-3H3. The molecule has 1 aromatic rings. The van der Waals surface area contributed by atoms with Crippen LogP contribution < -0.4 is 5.73 Å². The van der Waals surface area contributed by atoms with Gasteiger partial charge in [0, 0.05) is 17.3 Å². The van der Waals surface area contributed by atoms with Crippen molar-refractivity contribution in [2.45, 2.75) is 33.2 Å². The van der Waals surface area contributed by atoms with Crippen LogP contribution in [0.2, 0.25) is 0 Å².